The molecule has 2 fully saturated rings. The van der Waals surface area contributed by atoms with Crippen molar-refractivity contribution in [3.05, 3.63) is 0 Å². The van der Waals surface area contributed by atoms with Crippen LogP contribution >= 0.6 is 0 Å². The molecule has 2 rings (SSSR count). The minimum Gasteiger partial charge on any atom is -0.379 e. The van der Waals surface area contributed by atoms with Crippen molar-refractivity contribution in [2.45, 2.75) is 38.1 Å². The maximum Gasteiger partial charge on any atom is 0.229 e. The van der Waals surface area contributed by atoms with Crippen LogP contribution in [0.4, 0.5) is 0 Å². The largest absolute Gasteiger partial charge is 0.379 e. The summed E-state index contributed by atoms with van der Waals surface area (Å²) in [7, 11) is 3.85. The molecule has 0 spiro atoms. The predicted octanol–water partition coefficient (Wildman–Crippen LogP) is 1.26. The highest BCUT2D eigenvalue weighted by atomic mass is 16.5. The number of hydrogen-bond acceptors (Lipinski definition) is 3. The van der Waals surface area contributed by atoms with Gasteiger partial charge in [0.05, 0.1) is 19.1 Å². The van der Waals surface area contributed by atoms with Crippen LogP contribution in [0.25, 0.3) is 0 Å². The second-order valence-electron chi connectivity index (χ2n) is 5.76. The predicted molar refractivity (Wildman–Crippen MR) is 71.4 cm³/mol. The van der Waals surface area contributed by atoms with Crippen LogP contribution in [0.15, 0.2) is 0 Å². The Morgan fingerprint density at radius 3 is 2.67 bits per heavy atom. The van der Waals surface area contributed by atoms with Gasteiger partial charge in [-0.25, -0.2) is 0 Å². The van der Waals surface area contributed by atoms with Gasteiger partial charge in [0.15, 0.2) is 0 Å². The maximum atomic E-state index is 12.4. The Kier molecular flexibility index (Phi) is 5.01. The van der Waals surface area contributed by atoms with Gasteiger partial charge in [-0.3, -0.25) is 4.79 Å². The van der Waals surface area contributed by atoms with E-state index in [1.165, 1.54) is 32.1 Å². The van der Waals surface area contributed by atoms with Gasteiger partial charge in [0.25, 0.3) is 0 Å². The number of carbonyl (C=O) groups excluding carboxylic acids is 1. The minimum absolute atomic E-state index is 0.00332. The van der Waals surface area contributed by atoms with Crippen molar-refractivity contribution in [2.24, 2.45) is 11.8 Å². The Morgan fingerprint density at radius 2 is 2.00 bits per heavy atom. The van der Waals surface area contributed by atoms with E-state index in [-0.39, 0.29) is 17.9 Å². The van der Waals surface area contributed by atoms with Crippen LogP contribution < -0.4 is 5.32 Å². The van der Waals surface area contributed by atoms with Gasteiger partial charge in [-0.1, -0.05) is 19.3 Å². The molecule has 104 valence electrons. The van der Waals surface area contributed by atoms with Crippen molar-refractivity contribution >= 4 is 5.91 Å². The van der Waals surface area contributed by atoms with Crippen molar-refractivity contribution in [1.82, 2.24) is 10.2 Å². The van der Waals surface area contributed by atoms with E-state index in [1.54, 1.807) is 0 Å². The van der Waals surface area contributed by atoms with E-state index in [9.17, 15) is 4.79 Å². The van der Waals surface area contributed by atoms with Crippen molar-refractivity contribution in [1.29, 1.82) is 0 Å². The Labute approximate surface area is 110 Å². The van der Waals surface area contributed by atoms with E-state index in [0.29, 0.717) is 19.1 Å². The lowest BCUT2D eigenvalue weighted by Crippen LogP contribution is -2.44. The van der Waals surface area contributed by atoms with Crippen LogP contribution in [-0.4, -0.2) is 50.7 Å². The maximum absolute atomic E-state index is 12.4. The second kappa shape index (κ2) is 6.53. The summed E-state index contributed by atoms with van der Waals surface area (Å²) >= 11 is 0. The third kappa shape index (κ3) is 3.23. The lowest BCUT2D eigenvalue weighted by molar-refractivity contribution is -0.135. The molecule has 0 aromatic rings. The summed E-state index contributed by atoms with van der Waals surface area (Å²) in [5.74, 6) is 0.962. The quantitative estimate of drug-likeness (QED) is 0.821. The average molecular weight is 254 g/mol. The molecule has 1 aliphatic carbocycles. The first kappa shape index (κ1) is 13.8. The van der Waals surface area contributed by atoms with Gasteiger partial charge < -0.3 is 15.0 Å². The number of nitrogens with one attached hydrogen (secondary N) is 1. The zero-order valence-electron chi connectivity index (χ0n) is 11.7. The van der Waals surface area contributed by atoms with Crippen LogP contribution in [0.3, 0.4) is 0 Å². The normalized spacial score (nSPS) is 29.4. The van der Waals surface area contributed by atoms with Gasteiger partial charge in [-0.15, -0.1) is 0 Å². The van der Waals surface area contributed by atoms with E-state index < -0.39 is 0 Å². The number of nitrogens with zero attached hydrogens (tertiary/aromatic N) is 1. The molecule has 0 aromatic heterocycles. The van der Waals surface area contributed by atoms with Gasteiger partial charge in [-0.2, -0.15) is 0 Å². The van der Waals surface area contributed by atoms with Crippen molar-refractivity contribution in [2.75, 3.05) is 33.9 Å². The summed E-state index contributed by atoms with van der Waals surface area (Å²) in [5.41, 5.74) is 0. The van der Waals surface area contributed by atoms with E-state index in [0.717, 1.165) is 6.54 Å². The first-order valence-electron chi connectivity index (χ1n) is 7.22. The van der Waals surface area contributed by atoms with Crippen molar-refractivity contribution < 1.29 is 9.53 Å². The third-order valence-electron chi connectivity index (χ3n) is 4.40. The van der Waals surface area contributed by atoms with E-state index in [4.69, 9.17) is 4.74 Å². The molecule has 0 bridgehead atoms. The van der Waals surface area contributed by atoms with Crippen LogP contribution in [-0.2, 0) is 9.53 Å². The zero-order chi connectivity index (χ0) is 13.0. The van der Waals surface area contributed by atoms with E-state index >= 15 is 0 Å². The monoisotopic (exact) mass is 254 g/mol. The summed E-state index contributed by atoms with van der Waals surface area (Å²) in [6.07, 6.45) is 6.60. The molecule has 1 amide bonds. The standard InChI is InChI=1S/C14H26N2O2/c1-15-13-10-18-9-12(13)14(17)16(2)8-11-6-4-3-5-7-11/h11-13,15H,3-10H2,1-2H3. The van der Waals surface area contributed by atoms with Crippen LogP contribution in [0.2, 0.25) is 0 Å². The number of carbonyl (C=O) groups is 1. The molecule has 18 heavy (non-hydrogen) atoms. The molecule has 1 aliphatic heterocycles. The zero-order valence-corrected chi connectivity index (χ0v) is 11.7. The summed E-state index contributed by atoms with van der Waals surface area (Å²) < 4.78 is 5.41. The van der Waals surface area contributed by atoms with Gasteiger partial charge in [0, 0.05) is 19.6 Å². The number of amides is 1. The highest BCUT2D eigenvalue weighted by Crippen LogP contribution is 2.25. The highest BCUT2D eigenvalue weighted by molar-refractivity contribution is 5.79. The Morgan fingerprint density at radius 1 is 1.28 bits per heavy atom. The fraction of sp³-hybridized carbons (Fsp3) is 0.929. The summed E-state index contributed by atoms with van der Waals surface area (Å²) in [6, 6.07) is 0.186. The van der Waals surface area contributed by atoms with E-state index in [2.05, 4.69) is 5.32 Å². The number of ether oxygens (including phenoxy) is 1. The molecule has 2 unspecified atom stereocenters. The molecule has 2 atom stereocenters. The number of hydrogen-bond donors (Lipinski definition) is 1. The molecule has 1 saturated carbocycles. The van der Waals surface area contributed by atoms with Gasteiger partial charge in [-0.05, 0) is 25.8 Å². The smallest absolute Gasteiger partial charge is 0.229 e. The lowest BCUT2D eigenvalue weighted by Gasteiger charge is -2.29. The summed E-state index contributed by atoms with van der Waals surface area (Å²) in [4.78, 5) is 14.3. The number of likely N-dealkylation sites (N-methyl/N-ethyl adjacent to an activating group) is 1. The topological polar surface area (TPSA) is 41.6 Å². The van der Waals surface area contributed by atoms with Crippen LogP contribution in [0, 0.1) is 11.8 Å². The molecule has 1 heterocycles. The lowest BCUT2D eigenvalue weighted by atomic mass is 9.88. The summed E-state index contributed by atoms with van der Waals surface area (Å²) in [5, 5.41) is 3.18. The van der Waals surface area contributed by atoms with Gasteiger partial charge in [0.1, 0.15) is 0 Å². The molecular weight excluding hydrogens is 228 g/mol. The molecule has 0 radical (unpaired) electrons. The fourth-order valence-electron chi connectivity index (χ4n) is 3.21. The van der Waals surface area contributed by atoms with Crippen molar-refractivity contribution in [3.8, 4) is 0 Å². The Hall–Kier alpha value is -0.610. The molecule has 1 N–H and O–H groups in total. The van der Waals surface area contributed by atoms with Crippen LogP contribution in [0.5, 0.6) is 0 Å². The average Bonchev–Trinajstić information content (AvgIpc) is 2.87. The molecule has 2 aliphatic rings. The van der Waals surface area contributed by atoms with E-state index in [1.807, 2.05) is 19.0 Å². The first-order valence-corrected chi connectivity index (χ1v) is 7.22. The molecule has 1 saturated heterocycles. The molecule has 4 nitrogen and oxygen atoms in total. The second-order valence-corrected chi connectivity index (χ2v) is 5.76. The molecule has 4 heteroatoms. The highest BCUT2D eigenvalue weighted by Gasteiger charge is 2.35. The Bertz CT molecular complexity index is 277. The van der Waals surface area contributed by atoms with Crippen molar-refractivity contribution in [3.63, 3.8) is 0 Å². The Balaban J connectivity index is 1.83. The summed E-state index contributed by atoms with van der Waals surface area (Å²) in [6.45, 7) is 2.15. The van der Waals surface area contributed by atoms with Gasteiger partial charge in [0.2, 0.25) is 5.91 Å². The fourth-order valence-corrected chi connectivity index (χ4v) is 3.21. The minimum atomic E-state index is 0.00332. The molecular formula is C14H26N2O2. The number of rotatable bonds is 4. The SMILES string of the molecule is CNC1COCC1C(=O)N(C)CC1CCCCC1. The third-order valence-corrected chi connectivity index (χ3v) is 4.40. The van der Waals surface area contributed by atoms with Crippen LogP contribution in [0.1, 0.15) is 32.1 Å². The van der Waals surface area contributed by atoms with Gasteiger partial charge >= 0.3 is 0 Å². The first-order chi connectivity index (χ1) is 8.72. The molecule has 0 aromatic carbocycles.